The van der Waals surface area contributed by atoms with Crippen molar-refractivity contribution in [1.29, 1.82) is 0 Å². The first-order valence-electron chi connectivity index (χ1n) is 10.2. The van der Waals surface area contributed by atoms with Gasteiger partial charge in [-0.25, -0.2) is 4.79 Å². The van der Waals surface area contributed by atoms with Crippen molar-refractivity contribution in [2.24, 2.45) is 11.8 Å². The van der Waals surface area contributed by atoms with Crippen LogP contribution in [0.2, 0.25) is 0 Å². The highest BCUT2D eigenvalue weighted by Gasteiger charge is 2.38. The largest absolute Gasteiger partial charge is 0.447 e. The fraction of sp³-hybridized carbons (Fsp3) is 0.750. The number of hydrogen-bond acceptors (Lipinski definition) is 7. The molecule has 0 bridgehead atoms. The van der Waals surface area contributed by atoms with Crippen molar-refractivity contribution in [1.82, 2.24) is 10.6 Å². The quantitative estimate of drug-likeness (QED) is 0.693. The van der Waals surface area contributed by atoms with Crippen molar-refractivity contribution >= 4 is 29.7 Å². The fourth-order valence-electron chi connectivity index (χ4n) is 4.04. The molecule has 2 heterocycles. The molecular formula is C20H30N2O6S. The summed E-state index contributed by atoms with van der Waals surface area (Å²) in [5.74, 6) is -0.212. The van der Waals surface area contributed by atoms with E-state index in [4.69, 9.17) is 14.2 Å². The van der Waals surface area contributed by atoms with Gasteiger partial charge in [0.15, 0.2) is 0 Å². The number of carbonyl (C=O) groups excluding carboxylic acids is 3. The molecule has 0 spiro atoms. The molecule has 3 aliphatic rings. The Morgan fingerprint density at radius 1 is 1.24 bits per heavy atom. The molecule has 0 aromatic rings. The standard InChI is InChI=1S/C20H30N2O6S/c1-11(2)28-20(25)22-18(24)15-6-7-29-19(15)21-17(23)13-8-12-9-14(26-3)4-5-16(12)27-10-13/h8,11-12,14-16,19H,4-7,9-10H2,1-3H3,(H,21,23)(H,22,24,25). The Labute approximate surface area is 175 Å². The smallest absolute Gasteiger partial charge is 0.414 e. The number of carbonyl (C=O) groups is 3. The van der Waals surface area contributed by atoms with E-state index in [2.05, 4.69) is 10.6 Å². The second-order valence-corrected chi connectivity index (χ2v) is 9.23. The lowest BCUT2D eigenvalue weighted by atomic mass is 9.82. The minimum atomic E-state index is -0.758. The average Bonchev–Trinajstić information content (AvgIpc) is 3.14. The second-order valence-electron chi connectivity index (χ2n) is 7.98. The number of ether oxygens (including phenoxy) is 3. The van der Waals surface area contributed by atoms with Crippen molar-refractivity contribution in [3.8, 4) is 0 Å². The van der Waals surface area contributed by atoms with Gasteiger partial charge in [-0.3, -0.25) is 14.9 Å². The number of methoxy groups -OCH3 is 1. The van der Waals surface area contributed by atoms with Crippen LogP contribution in [0.25, 0.3) is 0 Å². The summed E-state index contributed by atoms with van der Waals surface area (Å²) in [6, 6.07) is 0. The van der Waals surface area contributed by atoms with E-state index < -0.39 is 17.9 Å². The monoisotopic (exact) mass is 426 g/mol. The first-order chi connectivity index (χ1) is 13.9. The van der Waals surface area contributed by atoms with Gasteiger partial charge in [-0.05, 0) is 45.3 Å². The van der Waals surface area contributed by atoms with Gasteiger partial charge >= 0.3 is 6.09 Å². The van der Waals surface area contributed by atoms with Crippen LogP contribution in [0.1, 0.15) is 39.5 Å². The Kier molecular flexibility index (Phi) is 7.59. The van der Waals surface area contributed by atoms with E-state index in [-0.39, 0.29) is 42.1 Å². The van der Waals surface area contributed by atoms with Gasteiger partial charge in [-0.2, -0.15) is 0 Å². The molecule has 3 rings (SSSR count). The van der Waals surface area contributed by atoms with Crippen LogP contribution in [-0.2, 0) is 23.8 Å². The number of fused-ring (bicyclic) bond motifs is 1. The SMILES string of the molecule is COC1CCC2OCC(C(=O)NC3SCCC3C(=O)NC(=O)OC(C)C)=CC2C1. The molecule has 29 heavy (non-hydrogen) atoms. The topological polar surface area (TPSA) is 103 Å². The lowest BCUT2D eigenvalue weighted by Crippen LogP contribution is -2.46. The Morgan fingerprint density at radius 2 is 2.03 bits per heavy atom. The lowest BCUT2D eigenvalue weighted by Gasteiger charge is -2.37. The van der Waals surface area contributed by atoms with Crippen LogP contribution in [0, 0.1) is 11.8 Å². The molecule has 0 aromatic carbocycles. The van der Waals surface area contributed by atoms with Crippen molar-refractivity contribution in [2.75, 3.05) is 19.5 Å². The van der Waals surface area contributed by atoms with Crippen LogP contribution < -0.4 is 10.6 Å². The van der Waals surface area contributed by atoms with Crippen LogP contribution in [0.4, 0.5) is 4.79 Å². The van der Waals surface area contributed by atoms with E-state index in [9.17, 15) is 14.4 Å². The molecule has 8 nitrogen and oxygen atoms in total. The van der Waals surface area contributed by atoms with E-state index in [1.54, 1.807) is 21.0 Å². The van der Waals surface area contributed by atoms with E-state index in [0.717, 1.165) is 25.0 Å². The maximum absolute atomic E-state index is 12.8. The Hall–Kier alpha value is -1.58. The molecule has 1 saturated heterocycles. The molecule has 9 heteroatoms. The molecular weight excluding hydrogens is 396 g/mol. The predicted molar refractivity (Wildman–Crippen MR) is 108 cm³/mol. The molecule has 3 amide bonds. The molecule has 0 radical (unpaired) electrons. The minimum Gasteiger partial charge on any atom is -0.447 e. The molecule has 2 aliphatic heterocycles. The number of imide groups is 1. The third-order valence-electron chi connectivity index (χ3n) is 5.55. The Balaban J connectivity index is 1.57. The van der Waals surface area contributed by atoms with Crippen molar-refractivity contribution in [3.05, 3.63) is 11.6 Å². The molecule has 1 saturated carbocycles. The number of hydrogen-bond donors (Lipinski definition) is 2. The van der Waals surface area contributed by atoms with Gasteiger partial charge in [0.2, 0.25) is 11.8 Å². The zero-order chi connectivity index (χ0) is 21.0. The first kappa shape index (κ1) is 22.1. The molecule has 5 unspecified atom stereocenters. The molecule has 1 aliphatic carbocycles. The third kappa shape index (κ3) is 5.73. The number of rotatable bonds is 5. The highest BCUT2D eigenvalue weighted by Crippen LogP contribution is 2.34. The summed E-state index contributed by atoms with van der Waals surface area (Å²) >= 11 is 1.51. The molecule has 2 fully saturated rings. The van der Waals surface area contributed by atoms with E-state index in [0.29, 0.717) is 12.0 Å². The van der Waals surface area contributed by atoms with Crippen LogP contribution in [0.15, 0.2) is 11.6 Å². The zero-order valence-electron chi connectivity index (χ0n) is 17.1. The molecule has 0 aromatic heterocycles. The normalized spacial score (nSPS) is 31.6. The van der Waals surface area contributed by atoms with Crippen molar-refractivity contribution < 1.29 is 28.6 Å². The van der Waals surface area contributed by atoms with E-state index in [1.165, 1.54) is 11.8 Å². The van der Waals surface area contributed by atoms with Gasteiger partial charge in [0.25, 0.3) is 0 Å². The van der Waals surface area contributed by atoms with Crippen molar-refractivity contribution in [3.63, 3.8) is 0 Å². The predicted octanol–water partition coefficient (Wildman–Crippen LogP) is 1.98. The van der Waals surface area contributed by atoms with Gasteiger partial charge in [0.05, 0.1) is 36.2 Å². The highest BCUT2D eigenvalue weighted by molar-refractivity contribution is 8.00. The Bertz CT molecular complexity index is 667. The third-order valence-corrected chi connectivity index (χ3v) is 6.83. The summed E-state index contributed by atoms with van der Waals surface area (Å²) in [4.78, 5) is 36.9. The average molecular weight is 427 g/mol. The number of alkyl carbamates (subject to hydrolysis) is 1. The van der Waals surface area contributed by atoms with Crippen LogP contribution in [-0.4, -0.2) is 61.1 Å². The van der Waals surface area contributed by atoms with Gasteiger partial charge in [0.1, 0.15) is 0 Å². The van der Waals surface area contributed by atoms with E-state index >= 15 is 0 Å². The van der Waals surface area contributed by atoms with Gasteiger partial charge < -0.3 is 19.5 Å². The molecule has 162 valence electrons. The highest BCUT2D eigenvalue weighted by atomic mass is 32.2. The number of thioether (sulfide) groups is 1. The lowest BCUT2D eigenvalue weighted by molar-refractivity contribution is -0.125. The maximum atomic E-state index is 12.8. The van der Waals surface area contributed by atoms with Crippen LogP contribution in [0.5, 0.6) is 0 Å². The van der Waals surface area contributed by atoms with Gasteiger partial charge in [0, 0.05) is 18.6 Å². The fourth-order valence-corrected chi connectivity index (χ4v) is 5.36. The maximum Gasteiger partial charge on any atom is 0.414 e. The summed E-state index contributed by atoms with van der Waals surface area (Å²) in [6.07, 6.45) is 4.62. The van der Waals surface area contributed by atoms with Gasteiger partial charge in [-0.1, -0.05) is 6.08 Å². The van der Waals surface area contributed by atoms with Crippen molar-refractivity contribution in [2.45, 2.75) is 63.2 Å². The number of nitrogens with one attached hydrogen (secondary N) is 2. The van der Waals surface area contributed by atoms with E-state index in [1.807, 2.05) is 6.08 Å². The van der Waals surface area contributed by atoms with Gasteiger partial charge in [-0.15, -0.1) is 11.8 Å². The van der Waals surface area contributed by atoms with Crippen LogP contribution >= 0.6 is 11.8 Å². The summed E-state index contributed by atoms with van der Waals surface area (Å²) in [5, 5.41) is 4.83. The summed E-state index contributed by atoms with van der Waals surface area (Å²) < 4.78 is 16.3. The molecule has 5 atom stereocenters. The van der Waals surface area contributed by atoms with Crippen LogP contribution in [0.3, 0.4) is 0 Å². The summed E-state index contributed by atoms with van der Waals surface area (Å²) in [6.45, 7) is 3.70. The first-order valence-corrected chi connectivity index (χ1v) is 11.2. The molecule has 2 N–H and O–H groups in total. The summed E-state index contributed by atoms with van der Waals surface area (Å²) in [5.41, 5.74) is 0.592. The Morgan fingerprint density at radius 3 is 2.76 bits per heavy atom. The summed E-state index contributed by atoms with van der Waals surface area (Å²) in [7, 11) is 1.71. The second kappa shape index (κ2) is 9.95. The zero-order valence-corrected chi connectivity index (χ0v) is 18.0. The number of amides is 3. The minimum absolute atomic E-state index is 0.143.